The number of carbonyl (C=O) groups is 1. The number of nitrogens with one attached hydrogen (secondary N) is 1. The van der Waals surface area contributed by atoms with Crippen LogP contribution >= 0.6 is 0 Å². The molecule has 1 N–H and O–H groups in total. The second kappa shape index (κ2) is 7.95. The van der Waals surface area contributed by atoms with E-state index in [4.69, 9.17) is 0 Å². The van der Waals surface area contributed by atoms with E-state index in [1.54, 1.807) is 48.5 Å². The van der Waals surface area contributed by atoms with Gasteiger partial charge in [0, 0.05) is 11.6 Å². The first-order chi connectivity index (χ1) is 14.4. The third kappa shape index (κ3) is 3.71. The SMILES string of the molecule is C[C@@H]1Cc2cc(C(=O)N[C@H](C)c3ccccc3)ccc2N1S(=O)(=O)c1ccccc1. The molecular formula is C24H24N2O3S. The maximum Gasteiger partial charge on any atom is 0.264 e. The van der Waals surface area contributed by atoms with Crippen LogP contribution in [0.15, 0.2) is 83.8 Å². The number of fused-ring (bicyclic) bond motifs is 1. The molecule has 154 valence electrons. The summed E-state index contributed by atoms with van der Waals surface area (Å²) < 4.78 is 27.8. The number of rotatable bonds is 5. The predicted molar refractivity (Wildman–Crippen MR) is 118 cm³/mol. The molecule has 0 radical (unpaired) electrons. The van der Waals surface area contributed by atoms with Gasteiger partial charge in [-0.2, -0.15) is 0 Å². The van der Waals surface area contributed by atoms with Crippen molar-refractivity contribution in [1.29, 1.82) is 0 Å². The van der Waals surface area contributed by atoms with E-state index < -0.39 is 10.0 Å². The molecule has 1 aliphatic rings. The Morgan fingerprint density at radius 2 is 1.63 bits per heavy atom. The van der Waals surface area contributed by atoms with Gasteiger partial charge in [0.15, 0.2) is 0 Å². The standard InChI is InChI=1S/C24H24N2O3S/c1-17-15-21-16-20(24(27)25-18(2)19-9-5-3-6-10-19)13-14-23(21)26(17)30(28,29)22-11-7-4-8-12-22/h3-14,16-18H,15H2,1-2H3,(H,25,27)/t17-,18-/m1/s1. The maximum absolute atomic E-state index is 13.2. The van der Waals surface area contributed by atoms with Crippen LogP contribution in [0, 0.1) is 0 Å². The van der Waals surface area contributed by atoms with Gasteiger partial charge in [0.25, 0.3) is 15.9 Å². The average Bonchev–Trinajstić information content (AvgIpc) is 3.10. The van der Waals surface area contributed by atoms with Gasteiger partial charge in [-0.1, -0.05) is 48.5 Å². The first-order valence-electron chi connectivity index (χ1n) is 9.96. The molecule has 30 heavy (non-hydrogen) atoms. The Morgan fingerprint density at radius 3 is 2.30 bits per heavy atom. The van der Waals surface area contributed by atoms with E-state index in [1.165, 1.54) is 4.31 Å². The Balaban J connectivity index is 1.59. The summed E-state index contributed by atoms with van der Waals surface area (Å²) in [6.07, 6.45) is 0.566. The lowest BCUT2D eigenvalue weighted by Crippen LogP contribution is -2.35. The summed E-state index contributed by atoms with van der Waals surface area (Å²) in [6.45, 7) is 3.83. The fraction of sp³-hybridized carbons (Fsp3) is 0.208. The number of hydrogen-bond donors (Lipinski definition) is 1. The number of hydrogen-bond acceptors (Lipinski definition) is 3. The van der Waals surface area contributed by atoms with Gasteiger partial charge < -0.3 is 5.32 Å². The topological polar surface area (TPSA) is 66.5 Å². The summed E-state index contributed by atoms with van der Waals surface area (Å²) >= 11 is 0. The maximum atomic E-state index is 13.2. The molecule has 6 heteroatoms. The molecule has 0 aromatic heterocycles. The van der Waals surface area contributed by atoms with Gasteiger partial charge in [-0.25, -0.2) is 8.42 Å². The molecule has 2 atom stereocenters. The molecule has 5 nitrogen and oxygen atoms in total. The molecule has 0 saturated carbocycles. The summed E-state index contributed by atoms with van der Waals surface area (Å²) in [7, 11) is -3.66. The van der Waals surface area contributed by atoms with E-state index in [0.717, 1.165) is 11.1 Å². The normalized spacial score (nSPS) is 16.7. The van der Waals surface area contributed by atoms with E-state index in [0.29, 0.717) is 17.7 Å². The minimum absolute atomic E-state index is 0.124. The van der Waals surface area contributed by atoms with Crippen LogP contribution in [0.3, 0.4) is 0 Å². The highest BCUT2D eigenvalue weighted by Crippen LogP contribution is 2.37. The fourth-order valence-electron chi connectivity index (χ4n) is 3.92. The van der Waals surface area contributed by atoms with Gasteiger partial charge in [0.05, 0.1) is 16.6 Å². The summed E-state index contributed by atoms with van der Waals surface area (Å²) in [6, 6.07) is 23.1. The van der Waals surface area contributed by atoms with Crippen molar-refractivity contribution >= 4 is 21.6 Å². The molecule has 0 fully saturated rings. The zero-order chi connectivity index (χ0) is 21.3. The Kier molecular flexibility index (Phi) is 5.35. The number of amides is 1. The van der Waals surface area contributed by atoms with Crippen LogP contribution in [-0.2, 0) is 16.4 Å². The molecule has 0 unspecified atom stereocenters. The average molecular weight is 421 g/mol. The van der Waals surface area contributed by atoms with Crippen molar-refractivity contribution in [2.75, 3.05) is 4.31 Å². The van der Waals surface area contributed by atoms with Crippen molar-refractivity contribution in [3.63, 3.8) is 0 Å². The molecule has 3 aromatic carbocycles. The minimum Gasteiger partial charge on any atom is -0.346 e. The molecule has 0 bridgehead atoms. The minimum atomic E-state index is -3.66. The van der Waals surface area contributed by atoms with Crippen LogP contribution in [0.1, 0.15) is 41.4 Å². The van der Waals surface area contributed by atoms with Gasteiger partial charge in [0.1, 0.15) is 0 Å². The Bertz CT molecular complexity index is 1160. The smallest absolute Gasteiger partial charge is 0.264 e. The van der Waals surface area contributed by atoms with Crippen molar-refractivity contribution < 1.29 is 13.2 Å². The molecule has 4 rings (SSSR count). The van der Waals surface area contributed by atoms with Crippen LogP contribution in [0.25, 0.3) is 0 Å². The van der Waals surface area contributed by atoms with Crippen molar-refractivity contribution in [3.05, 3.63) is 95.6 Å². The molecule has 0 spiro atoms. The second-order valence-corrected chi connectivity index (χ2v) is 9.43. The number of nitrogens with zero attached hydrogens (tertiary/aromatic N) is 1. The Morgan fingerprint density at radius 1 is 1.00 bits per heavy atom. The van der Waals surface area contributed by atoms with Crippen LogP contribution < -0.4 is 9.62 Å². The van der Waals surface area contributed by atoms with E-state index in [1.807, 2.05) is 44.2 Å². The lowest BCUT2D eigenvalue weighted by atomic mass is 10.0. The third-order valence-electron chi connectivity index (χ3n) is 5.44. The first kappa shape index (κ1) is 20.2. The highest BCUT2D eigenvalue weighted by atomic mass is 32.2. The summed E-state index contributed by atoms with van der Waals surface area (Å²) in [5, 5.41) is 3.01. The third-order valence-corrected chi connectivity index (χ3v) is 7.38. The molecule has 1 aliphatic heterocycles. The van der Waals surface area contributed by atoms with Crippen molar-refractivity contribution in [2.24, 2.45) is 0 Å². The van der Waals surface area contributed by atoms with E-state index in [2.05, 4.69) is 5.32 Å². The predicted octanol–water partition coefficient (Wildman–Crippen LogP) is 4.32. The van der Waals surface area contributed by atoms with Crippen molar-refractivity contribution in [1.82, 2.24) is 5.32 Å². The molecule has 0 saturated heterocycles. The largest absolute Gasteiger partial charge is 0.346 e. The van der Waals surface area contributed by atoms with Crippen LogP contribution in [0.5, 0.6) is 0 Å². The van der Waals surface area contributed by atoms with Crippen molar-refractivity contribution in [2.45, 2.75) is 37.2 Å². The molecule has 0 aliphatic carbocycles. The van der Waals surface area contributed by atoms with Crippen LogP contribution in [0.4, 0.5) is 5.69 Å². The fourth-order valence-corrected chi connectivity index (χ4v) is 5.63. The molecular weight excluding hydrogens is 396 g/mol. The highest BCUT2D eigenvalue weighted by Gasteiger charge is 2.36. The Hall–Kier alpha value is -3.12. The van der Waals surface area contributed by atoms with Gasteiger partial charge in [-0.05, 0) is 61.7 Å². The van der Waals surface area contributed by atoms with E-state index in [9.17, 15) is 13.2 Å². The van der Waals surface area contributed by atoms with Crippen molar-refractivity contribution in [3.8, 4) is 0 Å². The van der Waals surface area contributed by atoms with E-state index in [-0.39, 0.29) is 22.9 Å². The number of carbonyl (C=O) groups excluding carboxylic acids is 1. The number of sulfonamides is 1. The molecule has 1 amide bonds. The lowest BCUT2D eigenvalue weighted by Gasteiger charge is -2.24. The van der Waals surface area contributed by atoms with Gasteiger partial charge in [0.2, 0.25) is 0 Å². The quantitative estimate of drug-likeness (QED) is 0.669. The number of anilines is 1. The van der Waals surface area contributed by atoms with Gasteiger partial charge in [-0.15, -0.1) is 0 Å². The summed E-state index contributed by atoms with van der Waals surface area (Å²) in [5.74, 6) is -0.175. The number of benzene rings is 3. The monoisotopic (exact) mass is 420 g/mol. The first-order valence-corrected chi connectivity index (χ1v) is 11.4. The zero-order valence-corrected chi connectivity index (χ0v) is 17.8. The molecule has 3 aromatic rings. The second-order valence-electron chi connectivity index (χ2n) is 7.62. The Labute approximate surface area is 177 Å². The lowest BCUT2D eigenvalue weighted by molar-refractivity contribution is 0.0940. The van der Waals surface area contributed by atoms with Crippen LogP contribution in [0.2, 0.25) is 0 Å². The molecule has 1 heterocycles. The van der Waals surface area contributed by atoms with Crippen LogP contribution in [-0.4, -0.2) is 20.4 Å². The zero-order valence-electron chi connectivity index (χ0n) is 16.9. The highest BCUT2D eigenvalue weighted by molar-refractivity contribution is 7.92. The van der Waals surface area contributed by atoms with E-state index >= 15 is 0 Å². The summed E-state index contributed by atoms with van der Waals surface area (Å²) in [4.78, 5) is 13.0. The van der Waals surface area contributed by atoms with Gasteiger partial charge in [-0.3, -0.25) is 9.10 Å². The van der Waals surface area contributed by atoms with Gasteiger partial charge >= 0.3 is 0 Å². The summed E-state index contributed by atoms with van der Waals surface area (Å²) in [5.41, 5.74) is 3.06.